The molecule has 0 saturated carbocycles. The molecule has 0 bridgehead atoms. The van der Waals surface area contributed by atoms with E-state index in [1.54, 1.807) is 113 Å². The van der Waals surface area contributed by atoms with Crippen molar-refractivity contribution in [2.45, 2.75) is 42.9 Å². The van der Waals surface area contributed by atoms with Crippen LogP contribution in [0.2, 0.25) is 5.02 Å². The van der Waals surface area contributed by atoms with E-state index < -0.39 is 34.9 Å². The predicted molar refractivity (Wildman–Crippen MR) is 261 cm³/mol. The number of fused-ring (bicyclic) bond motifs is 2. The molecule has 11 nitrogen and oxygen atoms in total. The molecule has 0 aliphatic heterocycles. The van der Waals surface area contributed by atoms with Gasteiger partial charge in [0.2, 0.25) is 0 Å². The van der Waals surface area contributed by atoms with E-state index in [1.807, 2.05) is 0 Å². The molecule has 2 unspecified atom stereocenters. The number of pyridine rings is 4. The lowest BCUT2D eigenvalue weighted by Crippen LogP contribution is -2.33. The summed E-state index contributed by atoms with van der Waals surface area (Å²) in [5, 5.41) is 26.3. The van der Waals surface area contributed by atoms with E-state index in [0.29, 0.717) is 22.4 Å². The zero-order chi connectivity index (χ0) is 51.3. The van der Waals surface area contributed by atoms with E-state index in [4.69, 9.17) is 21.3 Å². The number of ether oxygens (including phenoxy) is 1. The predicted octanol–water partition coefficient (Wildman–Crippen LogP) is 11.0. The number of methoxy groups -OCH3 is 1. The zero-order valence-corrected chi connectivity index (χ0v) is 39.5. The number of hydrogen-bond acceptors (Lipinski definition) is 9. The first-order valence-corrected chi connectivity index (χ1v) is 23.0. The summed E-state index contributed by atoms with van der Waals surface area (Å²) in [7, 11) is 2.98. The van der Waals surface area contributed by atoms with Crippen LogP contribution in [0.5, 0.6) is 5.75 Å². The highest BCUT2D eigenvalue weighted by atomic mass is 35.5. The Balaban J connectivity index is 1.04. The lowest BCUT2D eigenvalue weighted by atomic mass is 9.85. The van der Waals surface area contributed by atoms with Gasteiger partial charge in [0.05, 0.1) is 77.5 Å². The Hall–Kier alpha value is -7.99. The Labute approximate surface area is 418 Å². The summed E-state index contributed by atoms with van der Waals surface area (Å²) in [6.07, 6.45) is -0.936. The van der Waals surface area contributed by atoms with Crippen molar-refractivity contribution >= 4 is 33.4 Å². The highest BCUT2D eigenvalue weighted by Gasteiger charge is 2.43. The lowest BCUT2D eigenvalue weighted by molar-refractivity contribution is -0.142. The van der Waals surface area contributed by atoms with E-state index in [1.165, 1.54) is 74.9 Å². The molecule has 18 heteroatoms. The molecule has 0 radical (unpaired) electrons. The fourth-order valence-electron chi connectivity index (χ4n) is 9.43. The second-order valence-corrected chi connectivity index (χ2v) is 17.9. The molecule has 2 atom stereocenters. The average molecular weight is 1010 g/mol. The van der Waals surface area contributed by atoms with Crippen molar-refractivity contribution in [1.29, 1.82) is 0 Å². The van der Waals surface area contributed by atoms with Crippen LogP contribution in [-0.2, 0) is 50.0 Å². The van der Waals surface area contributed by atoms with E-state index >= 15 is 0 Å². The number of aliphatic hydroxyl groups is 2. The number of rotatable bonds is 13. The third-order valence-electron chi connectivity index (χ3n) is 12.9. The molecule has 4 aromatic carbocycles. The van der Waals surface area contributed by atoms with Crippen LogP contribution >= 0.6 is 11.6 Å². The van der Waals surface area contributed by atoms with Gasteiger partial charge in [0.1, 0.15) is 11.4 Å². The van der Waals surface area contributed by atoms with Gasteiger partial charge in [0.25, 0.3) is 0 Å². The van der Waals surface area contributed by atoms with Crippen molar-refractivity contribution in [2.24, 2.45) is 7.05 Å². The number of halogens is 7. The van der Waals surface area contributed by atoms with Crippen molar-refractivity contribution in [3.05, 3.63) is 243 Å². The molecular formula is C55H41ClF6N8O3. The minimum absolute atomic E-state index is 0.00551. The van der Waals surface area contributed by atoms with Gasteiger partial charge in [0.15, 0.2) is 16.9 Å². The Morgan fingerprint density at radius 3 is 1.68 bits per heavy atom. The van der Waals surface area contributed by atoms with E-state index in [9.17, 15) is 36.6 Å². The molecular weight excluding hydrogens is 970 g/mol. The van der Waals surface area contributed by atoms with Crippen LogP contribution in [-0.4, -0.2) is 56.4 Å². The van der Waals surface area contributed by atoms with E-state index in [2.05, 4.69) is 24.9 Å². The smallest absolute Gasteiger partial charge is 0.433 e. The molecule has 10 rings (SSSR count). The van der Waals surface area contributed by atoms with Crippen molar-refractivity contribution in [3.63, 3.8) is 0 Å². The van der Waals surface area contributed by atoms with Gasteiger partial charge in [-0.05, 0) is 70.3 Å². The highest BCUT2D eigenvalue weighted by molar-refractivity contribution is 6.36. The largest absolute Gasteiger partial charge is 0.496 e. The Bertz CT molecular complexity index is 3630. The summed E-state index contributed by atoms with van der Waals surface area (Å²) >= 11 is 6.92. The summed E-state index contributed by atoms with van der Waals surface area (Å²) < 4.78 is 96.6. The van der Waals surface area contributed by atoms with Crippen molar-refractivity contribution < 1.29 is 41.3 Å². The van der Waals surface area contributed by atoms with Crippen LogP contribution in [0.15, 0.2) is 165 Å². The third kappa shape index (κ3) is 8.93. The van der Waals surface area contributed by atoms with Gasteiger partial charge < -0.3 is 24.1 Å². The van der Waals surface area contributed by atoms with E-state index in [0.717, 1.165) is 0 Å². The lowest BCUT2D eigenvalue weighted by Gasteiger charge is -2.30. The minimum atomic E-state index is -4.81. The fraction of sp³-hybridized carbons (Fsp3) is 0.164. The van der Waals surface area contributed by atoms with Gasteiger partial charge in [0, 0.05) is 54.2 Å². The van der Waals surface area contributed by atoms with Crippen molar-refractivity contribution in [2.75, 3.05) is 7.11 Å². The fourth-order valence-corrected chi connectivity index (χ4v) is 9.74. The van der Waals surface area contributed by atoms with Gasteiger partial charge >= 0.3 is 12.4 Å². The van der Waals surface area contributed by atoms with Crippen LogP contribution in [0.25, 0.3) is 21.8 Å². The first-order chi connectivity index (χ1) is 35.0. The monoisotopic (exact) mass is 1010 g/mol. The van der Waals surface area contributed by atoms with Crippen LogP contribution < -0.4 is 4.74 Å². The third-order valence-corrected chi connectivity index (χ3v) is 13.4. The van der Waals surface area contributed by atoms with Crippen LogP contribution in [0.3, 0.4) is 0 Å². The highest BCUT2D eigenvalue weighted by Crippen LogP contribution is 2.45. The van der Waals surface area contributed by atoms with Crippen LogP contribution in [0.1, 0.15) is 73.1 Å². The van der Waals surface area contributed by atoms with Crippen LogP contribution in [0.4, 0.5) is 26.3 Å². The molecule has 73 heavy (non-hydrogen) atoms. The first kappa shape index (κ1) is 48.6. The SMILES string of the molecule is COc1c(Cc2ccccc2)c(C(F)(F)F)nc2ccc(C(O)(c3ccc(Cn4cncc4C(O)(c4ccc5nc(C(F)(F)F)c(Cc6ccccc6)c(Cl)c5c4)c4ccccn4)cn3)c3cncn3C)cc12. The number of aryl methyl sites for hydroxylation is 1. The molecule has 0 amide bonds. The summed E-state index contributed by atoms with van der Waals surface area (Å²) in [5.41, 5.74) is -3.61. The number of benzene rings is 4. The Morgan fingerprint density at radius 2 is 1.12 bits per heavy atom. The number of nitrogens with zero attached hydrogens (tertiary/aromatic N) is 8. The normalized spacial score (nSPS) is 13.8. The number of aromatic nitrogens is 8. The first-order valence-electron chi connectivity index (χ1n) is 22.6. The van der Waals surface area contributed by atoms with Gasteiger partial charge in [-0.1, -0.05) is 96.5 Å². The van der Waals surface area contributed by atoms with Crippen LogP contribution in [0, 0.1) is 0 Å². The number of alkyl halides is 6. The Kier molecular flexibility index (Phi) is 12.6. The molecule has 6 heterocycles. The van der Waals surface area contributed by atoms with Crippen molar-refractivity contribution in [1.82, 2.24) is 39.0 Å². The summed E-state index contributed by atoms with van der Waals surface area (Å²) in [6.45, 7) is 0.0680. The molecule has 368 valence electrons. The number of hydrogen-bond donors (Lipinski definition) is 2. The van der Waals surface area contributed by atoms with E-state index in [-0.39, 0.29) is 91.3 Å². The Morgan fingerprint density at radius 1 is 0.575 bits per heavy atom. The quantitative estimate of drug-likeness (QED) is 0.108. The van der Waals surface area contributed by atoms with Gasteiger partial charge in [-0.15, -0.1) is 0 Å². The van der Waals surface area contributed by atoms with Crippen molar-refractivity contribution in [3.8, 4) is 5.75 Å². The summed E-state index contributed by atoms with van der Waals surface area (Å²) in [6, 6.07) is 34.4. The van der Waals surface area contributed by atoms with Gasteiger partial charge in [-0.3, -0.25) is 9.97 Å². The van der Waals surface area contributed by atoms with Gasteiger partial charge in [-0.25, -0.2) is 19.9 Å². The molecule has 0 fully saturated rings. The molecule has 0 aliphatic rings. The molecule has 0 spiro atoms. The molecule has 0 saturated heterocycles. The van der Waals surface area contributed by atoms with Gasteiger partial charge in [-0.2, -0.15) is 26.3 Å². The number of imidazole rings is 2. The second kappa shape index (κ2) is 18.9. The molecule has 2 N–H and O–H groups in total. The summed E-state index contributed by atoms with van der Waals surface area (Å²) in [5.74, 6) is -0.0488. The minimum Gasteiger partial charge on any atom is -0.496 e. The maximum atomic E-state index is 14.6. The topological polar surface area (TPSA) is 137 Å². The average Bonchev–Trinajstić information content (AvgIpc) is 4.06. The molecule has 0 aliphatic carbocycles. The maximum absolute atomic E-state index is 14.6. The second-order valence-electron chi connectivity index (χ2n) is 17.5. The molecule has 10 aromatic rings. The maximum Gasteiger partial charge on any atom is 0.433 e. The molecule has 6 aromatic heterocycles. The standard InChI is InChI=1S/C55H41ClF6N8O3/c1-69-31-63-28-46(69)52(71,37-18-20-43-39(26-37)49(73-2)41(51(68-43)55(60,61)62)24-34-13-7-4-8-14-34)45-21-16-35(27-66-45)30-70-32-64-29-47(70)53(72,44-15-9-10-22-65-44)36-17-19-42-38(25-36)48(56)40(50(67-42)54(57,58)59)23-33-11-5-3-6-12-33/h3-22,25-29,31-32,71-72H,23-24,30H2,1-2H3. The summed E-state index contributed by atoms with van der Waals surface area (Å²) in [4.78, 5) is 26.1. The zero-order valence-electron chi connectivity index (χ0n) is 38.7.